The molecule has 0 atom stereocenters. The molecule has 0 unspecified atom stereocenters. The SMILES string of the molecule is CCCn1cc(S(=O)(=O)Nc2ccncc2C)c(N)n1. The van der Waals surface area contributed by atoms with E-state index in [-0.39, 0.29) is 10.7 Å². The van der Waals surface area contributed by atoms with Gasteiger partial charge in [0.1, 0.15) is 4.90 Å². The molecule has 2 aromatic rings. The number of anilines is 2. The molecular formula is C12H17N5O2S. The molecule has 0 saturated heterocycles. The summed E-state index contributed by atoms with van der Waals surface area (Å²) in [6.45, 7) is 4.37. The Kier molecular flexibility index (Phi) is 3.93. The van der Waals surface area contributed by atoms with E-state index in [9.17, 15) is 8.42 Å². The van der Waals surface area contributed by atoms with Crippen LogP contribution in [0.4, 0.5) is 11.5 Å². The van der Waals surface area contributed by atoms with Gasteiger partial charge in [0.2, 0.25) is 0 Å². The van der Waals surface area contributed by atoms with E-state index in [0.717, 1.165) is 12.0 Å². The normalized spacial score (nSPS) is 11.5. The van der Waals surface area contributed by atoms with Crippen molar-refractivity contribution >= 4 is 21.5 Å². The summed E-state index contributed by atoms with van der Waals surface area (Å²) in [4.78, 5) is 3.91. The minimum absolute atomic E-state index is 0.00217. The number of aryl methyl sites for hydroxylation is 2. The monoisotopic (exact) mass is 295 g/mol. The van der Waals surface area contributed by atoms with Gasteiger partial charge >= 0.3 is 0 Å². The van der Waals surface area contributed by atoms with Crippen molar-refractivity contribution in [2.75, 3.05) is 10.5 Å². The maximum Gasteiger partial charge on any atom is 0.267 e. The van der Waals surface area contributed by atoms with Gasteiger partial charge in [-0.05, 0) is 25.0 Å². The van der Waals surface area contributed by atoms with E-state index in [0.29, 0.717) is 12.2 Å². The molecule has 8 heteroatoms. The third kappa shape index (κ3) is 2.90. The first-order chi connectivity index (χ1) is 9.44. The molecule has 2 rings (SSSR count). The highest BCUT2D eigenvalue weighted by molar-refractivity contribution is 7.92. The highest BCUT2D eigenvalue weighted by atomic mass is 32.2. The van der Waals surface area contributed by atoms with Crippen molar-refractivity contribution in [3.8, 4) is 0 Å². The Labute approximate surface area is 117 Å². The topological polar surface area (TPSA) is 103 Å². The quantitative estimate of drug-likeness (QED) is 0.867. The van der Waals surface area contributed by atoms with Crippen LogP contribution in [-0.4, -0.2) is 23.2 Å². The molecule has 0 spiro atoms. The van der Waals surface area contributed by atoms with Gasteiger partial charge < -0.3 is 5.73 Å². The van der Waals surface area contributed by atoms with Crippen LogP contribution in [0.3, 0.4) is 0 Å². The summed E-state index contributed by atoms with van der Waals surface area (Å²) in [6.07, 6.45) is 5.39. The van der Waals surface area contributed by atoms with Gasteiger partial charge in [0.25, 0.3) is 10.0 Å². The fourth-order valence-corrected chi connectivity index (χ4v) is 2.96. The van der Waals surface area contributed by atoms with Crippen LogP contribution in [0.2, 0.25) is 0 Å². The van der Waals surface area contributed by atoms with Crippen LogP contribution in [0.15, 0.2) is 29.6 Å². The Balaban J connectivity index is 2.33. The first-order valence-corrected chi connectivity index (χ1v) is 7.68. The number of rotatable bonds is 5. The van der Waals surface area contributed by atoms with Crippen molar-refractivity contribution in [1.82, 2.24) is 14.8 Å². The molecular weight excluding hydrogens is 278 g/mol. The molecule has 0 saturated carbocycles. The molecule has 2 heterocycles. The second-order valence-corrected chi connectivity index (χ2v) is 6.09. The molecule has 0 bridgehead atoms. The molecule has 0 amide bonds. The number of nitrogen functional groups attached to an aromatic ring is 1. The molecule has 0 radical (unpaired) electrons. The Morgan fingerprint density at radius 3 is 2.85 bits per heavy atom. The zero-order valence-corrected chi connectivity index (χ0v) is 12.2. The molecule has 7 nitrogen and oxygen atoms in total. The van der Waals surface area contributed by atoms with Crippen LogP contribution in [0.5, 0.6) is 0 Å². The molecule has 2 aromatic heterocycles. The summed E-state index contributed by atoms with van der Waals surface area (Å²) in [5.74, 6) is -0.00217. The van der Waals surface area contributed by atoms with Crippen LogP contribution in [0.25, 0.3) is 0 Å². The Morgan fingerprint density at radius 2 is 2.20 bits per heavy atom. The summed E-state index contributed by atoms with van der Waals surface area (Å²) in [6, 6.07) is 1.60. The summed E-state index contributed by atoms with van der Waals surface area (Å²) >= 11 is 0. The van der Waals surface area contributed by atoms with E-state index < -0.39 is 10.0 Å². The second kappa shape index (κ2) is 5.49. The maximum absolute atomic E-state index is 12.3. The van der Waals surface area contributed by atoms with E-state index in [1.807, 2.05) is 6.92 Å². The van der Waals surface area contributed by atoms with Gasteiger partial charge in [-0.2, -0.15) is 5.10 Å². The lowest BCUT2D eigenvalue weighted by Crippen LogP contribution is -2.14. The summed E-state index contributed by atoms with van der Waals surface area (Å²) in [5.41, 5.74) is 6.89. The van der Waals surface area contributed by atoms with Crippen LogP contribution in [0, 0.1) is 6.92 Å². The lowest BCUT2D eigenvalue weighted by molar-refractivity contribution is 0.595. The zero-order chi connectivity index (χ0) is 14.8. The van der Waals surface area contributed by atoms with Crippen molar-refractivity contribution in [1.29, 1.82) is 0 Å². The Morgan fingerprint density at radius 1 is 1.45 bits per heavy atom. The average Bonchev–Trinajstić information content (AvgIpc) is 2.74. The van der Waals surface area contributed by atoms with Crippen molar-refractivity contribution in [3.05, 3.63) is 30.2 Å². The van der Waals surface area contributed by atoms with Gasteiger partial charge in [-0.15, -0.1) is 0 Å². The fourth-order valence-electron chi connectivity index (χ4n) is 1.76. The van der Waals surface area contributed by atoms with Crippen molar-refractivity contribution in [2.24, 2.45) is 0 Å². The van der Waals surface area contributed by atoms with Gasteiger partial charge in [0.15, 0.2) is 5.82 Å². The molecule has 0 aliphatic carbocycles. The molecule has 108 valence electrons. The van der Waals surface area contributed by atoms with Crippen LogP contribution in [0.1, 0.15) is 18.9 Å². The van der Waals surface area contributed by atoms with Gasteiger partial charge in [-0.1, -0.05) is 6.92 Å². The van der Waals surface area contributed by atoms with Gasteiger partial charge in [0.05, 0.1) is 5.69 Å². The molecule has 0 fully saturated rings. The number of aromatic nitrogens is 3. The number of nitrogens with zero attached hydrogens (tertiary/aromatic N) is 3. The number of hydrogen-bond acceptors (Lipinski definition) is 5. The number of sulfonamides is 1. The van der Waals surface area contributed by atoms with Crippen LogP contribution < -0.4 is 10.5 Å². The number of nitrogens with one attached hydrogen (secondary N) is 1. The molecule has 0 aliphatic heterocycles. The first-order valence-electron chi connectivity index (χ1n) is 6.20. The summed E-state index contributed by atoms with van der Waals surface area (Å²) in [5, 5.41) is 3.99. The van der Waals surface area contributed by atoms with E-state index in [2.05, 4.69) is 14.8 Å². The van der Waals surface area contributed by atoms with Gasteiger partial charge in [-0.3, -0.25) is 14.4 Å². The Hall–Kier alpha value is -2.09. The fraction of sp³-hybridized carbons (Fsp3) is 0.333. The molecule has 3 N–H and O–H groups in total. The molecule has 0 aromatic carbocycles. The minimum Gasteiger partial charge on any atom is -0.381 e. The standard InChI is InChI=1S/C12H17N5O2S/c1-3-6-17-8-11(12(13)15-17)20(18,19)16-10-4-5-14-7-9(10)2/h4-5,7-8H,3,6H2,1-2H3,(H2,13,15)(H,14,16). The zero-order valence-electron chi connectivity index (χ0n) is 11.4. The van der Waals surface area contributed by atoms with Crippen molar-refractivity contribution in [2.45, 2.75) is 31.7 Å². The maximum atomic E-state index is 12.3. The van der Waals surface area contributed by atoms with Crippen molar-refractivity contribution < 1.29 is 8.42 Å². The van der Waals surface area contributed by atoms with Gasteiger partial charge in [0, 0.05) is 25.1 Å². The summed E-state index contributed by atoms with van der Waals surface area (Å²) in [7, 11) is -3.75. The lowest BCUT2D eigenvalue weighted by Gasteiger charge is -2.08. The predicted molar refractivity (Wildman–Crippen MR) is 76.7 cm³/mol. The van der Waals surface area contributed by atoms with Crippen LogP contribution >= 0.6 is 0 Å². The smallest absolute Gasteiger partial charge is 0.267 e. The minimum atomic E-state index is -3.75. The van der Waals surface area contributed by atoms with E-state index >= 15 is 0 Å². The summed E-state index contributed by atoms with van der Waals surface area (Å²) < 4.78 is 28.7. The average molecular weight is 295 g/mol. The van der Waals surface area contributed by atoms with E-state index in [1.165, 1.54) is 17.1 Å². The number of hydrogen-bond donors (Lipinski definition) is 2. The van der Waals surface area contributed by atoms with Crippen molar-refractivity contribution in [3.63, 3.8) is 0 Å². The highest BCUT2D eigenvalue weighted by Gasteiger charge is 2.21. The predicted octanol–water partition coefficient (Wildman–Crippen LogP) is 1.38. The van der Waals surface area contributed by atoms with E-state index in [4.69, 9.17) is 5.73 Å². The largest absolute Gasteiger partial charge is 0.381 e. The third-order valence-corrected chi connectivity index (χ3v) is 4.14. The lowest BCUT2D eigenvalue weighted by atomic mass is 10.3. The first kappa shape index (κ1) is 14.3. The Bertz CT molecular complexity index is 708. The molecule has 20 heavy (non-hydrogen) atoms. The highest BCUT2D eigenvalue weighted by Crippen LogP contribution is 2.22. The van der Waals surface area contributed by atoms with E-state index in [1.54, 1.807) is 19.2 Å². The third-order valence-electron chi connectivity index (χ3n) is 2.76. The molecule has 0 aliphatic rings. The second-order valence-electron chi connectivity index (χ2n) is 4.44. The van der Waals surface area contributed by atoms with Gasteiger partial charge in [-0.25, -0.2) is 8.42 Å². The van der Waals surface area contributed by atoms with Crippen LogP contribution in [-0.2, 0) is 16.6 Å². The number of pyridine rings is 1. The number of nitrogens with two attached hydrogens (primary N) is 1.